The van der Waals surface area contributed by atoms with Crippen LogP contribution < -0.4 is 11.0 Å². The fraction of sp³-hybridized carbons (Fsp3) is 0.432. The Morgan fingerprint density at radius 2 is 1.47 bits per heavy atom. The van der Waals surface area contributed by atoms with Gasteiger partial charge in [0.15, 0.2) is 0 Å². The molecule has 5 rings (SSSR count). The van der Waals surface area contributed by atoms with E-state index in [1.165, 1.54) is 11.1 Å². The van der Waals surface area contributed by atoms with Crippen LogP contribution in [0.15, 0.2) is 89.7 Å². The SMILES string of the molecule is C[C@@H](COC(=O)N1CCC(n2c(=O)n(CC(NC=O)OC(C)(C)C)c3ccccc32)CC1)N(Cc1ccccc1)Cc1ccccc1. The molecule has 1 N–H and O–H groups in total. The van der Waals surface area contributed by atoms with Gasteiger partial charge in [-0.25, -0.2) is 9.59 Å². The molecule has 1 aromatic heterocycles. The van der Waals surface area contributed by atoms with Crippen molar-refractivity contribution >= 4 is 23.5 Å². The highest BCUT2D eigenvalue weighted by molar-refractivity contribution is 5.76. The van der Waals surface area contributed by atoms with Crippen LogP contribution in [0.3, 0.4) is 0 Å². The molecule has 0 saturated carbocycles. The standard InChI is InChI=1S/C37H47N5O5/c1-28(40(23-29-13-7-5-8-14-29)24-30-15-9-6-10-16-30)26-46-36(45)39-21-19-31(20-22-39)42-33-18-12-11-17-32(33)41(35(42)44)25-34(38-27-43)47-37(2,3)4/h5-18,27-28,31,34H,19-26H2,1-4H3,(H,38,43)/t28-,34?/m0/s1. The maximum Gasteiger partial charge on any atom is 0.409 e. The smallest absolute Gasteiger partial charge is 0.409 e. The number of amides is 2. The molecule has 0 aliphatic carbocycles. The normalized spacial score (nSPS) is 15.5. The lowest BCUT2D eigenvalue weighted by Crippen LogP contribution is -2.44. The van der Waals surface area contributed by atoms with Crippen LogP contribution in [-0.4, -0.2) is 69.0 Å². The Balaban J connectivity index is 1.22. The molecule has 10 heteroatoms. The van der Waals surface area contributed by atoms with E-state index in [9.17, 15) is 14.4 Å². The summed E-state index contributed by atoms with van der Waals surface area (Å²) in [6, 6.07) is 28.2. The summed E-state index contributed by atoms with van der Waals surface area (Å²) in [5.41, 5.74) is 3.34. The van der Waals surface area contributed by atoms with Crippen molar-refractivity contribution in [3.63, 3.8) is 0 Å². The molecule has 2 heterocycles. The van der Waals surface area contributed by atoms with Gasteiger partial charge in [-0.15, -0.1) is 0 Å². The van der Waals surface area contributed by atoms with Crippen LogP contribution in [0.5, 0.6) is 0 Å². The van der Waals surface area contributed by atoms with Gasteiger partial charge >= 0.3 is 11.8 Å². The van der Waals surface area contributed by atoms with Crippen molar-refractivity contribution in [2.45, 2.75) is 84.1 Å². The Hall–Kier alpha value is -4.41. The van der Waals surface area contributed by atoms with Gasteiger partial charge in [0.05, 0.1) is 23.2 Å². The molecule has 1 fully saturated rings. The minimum absolute atomic E-state index is 0.00130. The predicted octanol–water partition coefficient (Wildman–Crippen LogP) is 5.55. The first-order chi connectivity index (χ1) is 22.6. The molecular weight excluding hydrogens is 594 g/mol. The van der Waals surface area contributed by atoms with Crippen molar-refractivity contribution in [2.75, 3.05) is 19.7 Å². The number of ether oxygens (including phenoxy) is 2. The van der Waals surface area contributed by atoms with Crippen LogP contribution in [0.25, 0.3) is 11.0 Å². The number of para-hydroxylation sites is 2. The summed E-state index contributed by atoms with van der Waals surface area (Å²) < 4.78 is 15.4. The number of hydrogen-bond donors (Lipinski definition) is 1. The van der Waals surface area contributed by atoms with E-state index in [2.05, 4.69) is 41.4 Å². The van der Waals surface area contributed by atoms with E-state index in [1.807, 2.05) is 86.0 Å². The number of piperidine rings is 1. The summed E-state index contributed by atoms with van der Waals surface area (Å²) in [6.07, 6.45) is 0.856. The number of carbonyl (C=O) groups is 2. The number of likely N-dealkylation sites (tertiary alicyclic amines) is 1. The van der Waals surface area contributed by atoms with Gasteiger partial charge in [0.25, 0.3) is 0 Å². The molecule has 1 aliphatic rings. The fourth-order valence-corrected chi connectivity index (χ4v) is 6.25. The van der Waals surface area contributed by atoms with E-state index < -0.39 is 11.8 Å². The Morgan fingerprint density at radius 3 is 2.02 bits per heavy atom. The zero-order valence-electron chi connectivity index (χ0n) is 27.9. The van der Waals surface area contributed by atoms with E-state index >= 15 is 0 Å². The van der Waals surface area contributed by atoms with E-state index in [0.717, 1.165) is 24.1 Å². The van der Waals surface area contributed by atoms with Gasteiger partial charge in [-0.2, -0.15) is 0 Å². The van der Waals surface area contributed by atoms with Crippen molar-refractivity contribution in [3.05, 3.63) is 107 Å². The zero-order chi connectivity index (χ0) is 33.4. The number of benzene rings is 3. The molecule has 2 amide bonds. The molecule has 2 atom stereocenters. The maximum atomic E-state index is 13.9. The minimum Gasteiger partial charge on any atom is -0.448 e. The lowest BCUT2D eigenvalue weighted by atomic mass is 10.0. The third-order valence-corrected chi connectivity index (χ3v) is 8.58. The minimum atomic E-state index is -0.667. The van der Waals surface area contributed by atoms with Crippen LogP contribution in [0.1, 0.15) is 57.7 Å². The van der Waals surface area contributed by atoms with E-state index in [-0.39, 0.29) is 37.0 Å². The molecule has 10 nitrogen and oxygen atoms in total. The highest BCUT2D eigenvalue weighted by Gasteiger charge is 2.29. The lowest BCUT2D eigenvalue weighted by Gasteiger charge is -2.33. The number of imidazole rings is 1. The number of carbonyl (C=O) groups excluding carboxylic acids is 2. The quantitative estimate of drug-likeness (QED) is 0.152. The molecule has 0 spiro atoms. The van der Waals surface area contributed by atoms with Gasteiger partial charge in [-0.1, -0.05) is 72.8 Å². The first-order valence-electron chi connectivity index (χ1n) is 16.4. The lowest BCUT2D eigenvalue weighted by molar-refractivity contribution is -0.121. The number of aromatic nitrogens is 2. The number of nitrogens with one attached hydrogen (secondary N) is 1. The number of nitrogens with zero attached hydrogens (tertiary/aromatic N) is 4. The summed E-state index contributed by atoms with van der Waals surface area (Å²) in [5, 5.41) is 2.70. The van der Waals surface area contributed by atoms with Gasteiger partial charge in [-0.05, 0) is 63.8 Å². The van der Waals surface area contributed by atoms with Crippen LogP contribution in [0.4, 0.5) is 4.79 Å². The molecule has 1 unspecified atom stereocenters. The number of hydrogen-bond acceptors (Lipinski definition) is 6. The maximum absolute atomic E-state index is 13.9. The fourth-order valence-electron chi connectivity index (χ4n) is 6.25. The summed E-state index contributed by atoms with van der Waals surface area (Å²) in [7, 11) is 0. The topological polar surface area (TPSA) is 98.0 Å². The third-order valence-electron chi connectivity index (χ3n) is 8.58. The van der Waals surface area contributed by atoms with Crippen molar-refractivity contribution in [1.82, 2.24) is 24.3 Å². The summed E-state index contributed by atoms with van der Waals surface area (Å²) in [5.74, 6) is 0. The highest BCUT2D eigenvalue weighted by Crippen LogP contribution is 2.27. The second-order valence-electron chi connectivity index (χ2n) is 13.3. The van der Waals surface area contributed by atoms with Crippen molar-refractivity contribution < 1.29 is 19.1 Å². The number of fused-ring (bicyclic) bond motifs is 1. The molecule has 0 bridgehead atoms. The second-order valence-corrected chi connectivity index (χ2v) is 13.3. The molecule has 4 aromatic rings. The Bertz CT molecular complexity index is 1610. The van der Waals surface area contributed by atoms with Crippen molar-refractivity contribution in [1.29, 1.82) is 0 Å². The van der Waals surface area contributed by atoms with Gasteiger partial charge in [-0.3, -0.25) is 18.8 Å². The molecule has 250 valence electrons. The van der Waals surface area contributed by atoms with Crippen LogP contribution in [-0.2, 0) is 33.9 Å². The largest absolute Gasteiger partial charge is 0.448 e. The number of rotatable bonds is 13. The molecule has 3 aromatic carbocycles. The summed E-state index contributed by atoms with van der Waals surface area (Å²) in [4.78, 5) is 42.5. The first kappa shape index (κ1) is 33.9. The summed E-state index contributed by atoms with van der Waals surface area (Å²) >= 11 is 0. The van der Waals surface area contributed by atoms with Crippen LogP contribution in [0, 0.1) is 0 Å². The average molecular weight is 642 g/mol. The third kappa shape index (κ3) is 8.90. The van der Waals surface area contributed by atoms with Gasteiger partial charge in [0.2, 0.25) is 6.41 Å². The van der Waals surface area contributed by atoms with Gasteiger partial charge in [0, 0.05) is 38.3 Å². The van der Waals surface area contributed by atoms with Crippen molar-refractivity contribution in [3.8, 4) is 0 Å². The Kier molecular flexibility index (Phi) is 11.2. The van der Waals surface area contributed by atoms with Gasteiger partial charge < -0.3 is 19.7 Å². The van der Waals surface area contributed by atoms with Crippen LogP contribution in [0.2, 0.25) is 0 Å². The van der Waals surface area contributed by atoms with Gasteiger partial charge in [0.1, 0.15) is 12.8 Å². The highest BCUT2D eigenvalue weighted by atomic mass is 16.6. The molecule has 1 aliphatic heterocycles. The van der Waals surface area contributed by atoms with E-state index in [0.29, 0.717) is 32.3 Å². The second kappa shape index (κ2) is 15.5. The van der Waals surface area contributed by atoms with Crippen molar-refractivity contribution in [2.24, 2.45) is 0 Å². The van der Waals surface area contributed by atoms with E-state index in [1.54, 1.807) is 9.47 Å². The molecule has 0 radical (unpaired) electrons. The van der Waals surface area contributed by atoms with Crippen LogP contribution >= 0.6 is 0 Å². The monoisotopic (exact) mass is 641 g/mol. The zero-order valence-corrected chi connectivity index (χ0v) is 27.9. The summed E-state index contributed by atoms with van der Waals surface area (Å²) in [6.45, 7) is 10.7. The molecule has 47 heavy (non-hydrogen) atoms. The Labute approximate surface area is 276 Å². The molecular formula is C37H47N5O5. The predicted molar refractivity (Wildman–Crippen MR) is 183 cm³/mol. The average Bonchev–Trinajstić information content (AvgIpc) is 3.34. The molecule has 1 saturated heterocycles. The first-order valence-corrected chi connectivity index (χ1v) is 16.4. The van der Waals surface area contributed by atoms with E-state index in [4.69, 9.17) is 9.47 Å². The Morgan fingerprint density at radius 1 is 0.915 bits per heavy atom.